The van der Waals surface area contributed by atoms with Crippen molar-refractivity contribution in [2.45, 2.75) is 12.3 Å². The maximum atomic E-state index is 6.65. The molecule has 4 heteroatoms. The number of rotatable bonds is 2. The van der Waals surface area contributed by atoms with Gasteiger partial charge in [-0.1, -0.05) is 103 Å². The largest absolute Gasteiger partial charge is 0.458 e. The Morgan fingerprint density at radius 1 is 0.524 bits per heavy atom. The Labute approximate surface area is 245 Å². The Bertz CT molecular complexity index is 1920. The summed E-state index contributed by atoms with van der Waals surface area (Å²) in [6, 6.07) is 49.5. The number of anilines is 3. The van der Waals surface area contributed by atoms with Crippen LogP contribution in [0.3, 0.4) is 0 Å². The van der Waals surface area contributed by atoms with E-state index >= 15 is 0 Å². The molecule has 9 rings (SSSR count). The number of hydrogen-bond donors (Lipinski definition) is 0. The molecule has 0 unspecified atom stereocenters. The summed E-state index contributed by atoms with van der Waals surface area (Å²) in [7, 11) is 0. The molecule has 42 heavy (non-hydrogen) atoms. The molecule has 0 fully saturated rings. The van der Waals surface area contributed by atoms with Crippen LogP contribution in [0.4, 0.5) is 17.1 Å². The summed E-state index contributed by atoms with van der Waals surface area (Å²) in [5, 5.41) is 0. The first-order valence-corrected chi connectivity index (χ1v) is 14.5. The van der Waals surface area contributed by atoms with Gasteiger partial charge >= 0.3 is 0 Å². The number of para-hydroxylation sites is 4. The topological polar surface area (TPSA) is 21.7 Å². The minimum absolute atomic E-state index is 0.0567. The number of nitrogens with zero attached hydrogens (tertiary/aromatic N) is 1. The fourth-order valence-corrected chi connectivity index (χ4v) is 7.33. The van der Waals surface area contributed by atoms with Crippen LogP contribution in [0.2, 0.25) is 0 Å². The SMILES string of the molecule is CC1(c2ccccc2)c2ccccc2N(c2cc3c4c(c2)Oc2ccccc2B4c2ccccc2O3)c2ccccc21. The number of fused-ring (bicyclic) bond motifs is 6. The van der Waals surface area contributed by atoms with Crippen LogP contribution in [-0.2, 0) is 5.41 Å². The van der Waals surface area contributed by atoms with Crippen LogP contribution in [0.25, 0.3) is 0 Å². The first kappa shape index (κ1) is 23.5. The smallest absolute Gasteiger partial charge is 0.260 e. The second-order valence-electron chi connectivity index (χ2n) is 11.4. The van der Waals surface area contributed by atoms with Crippen LogP contribution >= 0.6 is 0 Å². The van der Waals surface area contributed by atoms with Gasteiger partial charge in [0.1, 0.15) is 23.0 Å². The zero-order valence-electron chi connectivity index (χ0n) is 23.1. The number of benzene rings is 6. The molecule has 0 aliphatic carbocycles. The second kappa shape index (κ2) is 8.64. The highest BCUT2D eigenvalue weighted by Crippen LogP contribution is 2.55. The quantitative estimate of drug-likeness (QED) is 0.212. The third kappa shape index (κ3) is 3.12. The van der Waals surface area contributed by atoms with Gasteiger partial charge in [-0.15, -0.1) is 0 Å². The fourth-order valence-electron chi connectivity index (χ4n) is 7.33. The molecule has 3 aliphatic rings. The van der Waals surface area contributed by atoms with Gasteiger partial charge in [0.05, 0.1) is 17.1 Å². The molecule has 0 saturated heterocycles. The lowest BCUT2D eigenvalue weighted by molar-refractivity contribution is 0.465. The van der Waals surface area contributed by atoms with Crippen molar-refractivity contribution in [2.24, 2.45) is 0 Å². The predicted octanol–water partition coefficient (Wildman–Crippen LogP) is 7.55. The van der Waals surface area contributed by atoms with E-state index in [9.17, 15) is 0 Å². The maximum absolute atomic E-state index is 6.65. The van der Waals surface area contributed by atoms with E-state index in [4.69, 9.17) is 9.47 Å². The summed E-state index contributed by atoms with van der Waals surface area (Å²) in [5.41, 5.74) is 10.2. The average Bonchev–Trinajstić information content (AvgIpc) is 3.05. The molecule has 0 spiro atoms. The Kier molecular flexibility index (Phi) is 4.83. The highest BCUT2D eigenvalue weighted by Gasteiger charge is 2.43. The van der Waals surface area contributed by atoms with Gasteiger partial charge in [0.25, 0.3) is 6.71 Å². The molecule has 0 radical (unpaired) electrons. The van der Waals surface area contributed by atoms with Crippen molar-refractivity contribution in [1.29, 1.82) is 0 Å². The van der Waals surface area contributed by atoms with Crippen molar-refractivity contribution in [3.63, 3.8) is 0 Å². The lowest BCUT2D eigenvalue weighted by Crippen LogP contribution is -2.57. The third-order valence-electron chi connectivity index (χ3n) is 9.25. The number of hydrogen-bond acceptors (Lipinski definition) is 3. The first-order valence-electron chi connectivity index (χ1n) is 14.5. The predicted molar refractivity (Wildman–Crippen MR) is 171 cm³/mol. The van der Waals surface area contributed by atoms with E-state index in [0.29, 0.717) is 0 Å². The van der Waals surface area contributed by atoms with Crippen molar-refractivity contribution in [2.75, 3.05) is 4.90 Å². The highest BCUT2D eigenvalue weighted by molar-refractivity contribution is 6.98. The van der Waals surface area contributed by atoms with Gasteiger partial charge in [-0.25, -0.2) is 0 Å². The van der Waals surface area contributed by atoms with Crippen LogP contribution in [0.15, 0.2) is 140 Å². The molecule has 0 amide bonds. The van der Waals surface area contributed by atoms with Crippen LogP contribution in [0, 0.1) is 0 Å². The van der Waals surface area contributed by atoms with E-state index in [1.54, 1.807) is 0 Å². The summed E-state index contributed by atoms with van der Waals surface area (Å²) in [5.74, 6) is 3.47. The van der Waals surface area contributed by atoms with Crippen molar-refractivity contribution in [1.82, 2.24) is 0 Å². The maximum Gasteiger partial charge on any atom is 0.260 e. The van der Waals surface area contributed by atoms with Crippen molar-refractivity contribution >= 4 is 40.2 Å². The molecule has 0 atom stereocenters. The van der Waals surface area contributed by atoms with Gasteiger partial charge in [-0.3, -0.25) is 0 Å². The molecule has 3 heterocycles. The van der Waals surface area contributed by atoms with Crippen LogP contribution < -0.4 is 30.8 Å². The molecule has 0 N–H and O–H groups in total. The van der Waals surface area contributed by atoms with Gasteiger partial charge in [0.15, 0.2) is 0 Å². The summed E-state index contributed by atoms with van der Waals surface area (Å²) in [6.07, 6.45) is 0. The minimum atomic E-state index is -0.316. The zero-order chi connectivity index (χ0) is 27.8. The zero-order valence-corrected chi connectivity index (χ0v) is 23.1. The Morgan fingerprint density at radius 3 is 1.57 bits per heavy atom. The summed E-state index contributed by atoms with van der Waals surface area (Å²) >= 11 is 0. The van der Waals surface area contributed by atoms with E-state index in [1.165, 1.54) is 27.6 Å². The first-order chi connectivity index (χ1) is 20.7. The third-order valence-corrected chi connectivity index (χ3v) is 9.25. The van der Waals surface area contributed by atoms with E-state index in [1.807, 2.05) is 12.1 Å². The van der Waals surface area contributed by atoms with Gasteiger partial charge in [-0.2, -0.15) is 0 Å². The lowest BCUT2D eigenvalue weighted by Gasteiger charge is -2.44. The molecule has 3 nitrogen and oxygen atoms in total. The summed E-state index contributed by atoms with van der Waals surface area (Å²) < 4.78 is 13.3. The standard InChI is InChI=1S/C38H26BNO2/c1-38(25-13-3-2-4-14-25)27-15-5-9-19-31(27)40(32-20-10-6-16-28(32)38)26-23-35-37-36(24-26)42-34-22-12-8-18-30(34)39(37)29-17-7-11-21-33(29)41-35/h2-24H,1H3. The van der Waals surface area contributed by atoms with E-state index in [2.05, 4.69) is 139 Å². The monoisotopic (exact) mass is 539 g/mol. The Hall–Kier alpha value is -5.22. The van der Waals surface area contributed by atoms with E-state index < -0.39 is 0 Å². The van der Waals surface area contributed by atoms with Gasteiger partial charge in [-0.05, 0) is 58.8 Å². The van der Waals surface area contributed by atoms with Gasteiger partial charge in [0, 0.05) is 23.0 Å². The van der Waals surface area contributed by atoms with Crippen molar-refractivity contribution in [3.05, 3.63) is 156 Å². The highest BCUT2D eigenvalue weighted by atomic mass is 16.5. The molecule has 0 saturated carbocycles. The average molecular weight is 539 g/mol. The number of ether oxygens (including phenoxy) is 2. The van der Waals surface area contributed by atoms with E-state index in [-0.39, 0.29) is 12.1 Å². The molecular formula is C38H26BNO2. The van der Waals surface area contributed by atoms with Gasteiger partial charge < -0.3 is 14.4 Å². The van der Waals surface area contributed by atoms with Crippen LogP contribution in [0.1, 0.15) is 23.6 Å². The molecule has 0 bridgehead atoms. The molecule has 6 aromatic rings. The normalized spacial score (nSPS) is 14.8. The van der Waals surface area contributed by atoms with Crippen molar-refractivity contribution in [3.8, 4) is 23.0 Å². The minimum Gasteiger partial charge on any atom is -0.458 e. The molecule has 3 aliphatic heterocycles. The molecular weight excluding hydrogens is 513 g/mol. The lowest BCUT2D eigenvalue weighted by atomic mass is 9.35. The van der Waals surface area contributed by atoms with Crippen molar-refractivity contribution < 1.29 is 9.47 Å². The summed E-state index contributed by atoms with van der Waals surface area (Å²) in [4.78, 5) is 2.37. The van der Waals surface area contributed by atoms with Gasteiger partial charge in [0.2, 0.25) is 0 Å². The fraction of sp³-hybridized carbons (Fsp3) is 0.0526. The Balaban J connectivity index is 1.29. The van der Waals surface area contributed by atoms with Crippen LogP contribution in [0.5, 0.6) is 23.0 Å². The second-order valence-corrected chi connectivity index (χ2v) is 11.4. The summed E-state index contributed by atoms with van der Waals surface area (Å²) in [6.45, 7) is 2.40. The molecule has 198 valence electrons. The Morgan fingerprint density at radius 2 is 1.00 bits per heavy atom. The molecule has 0 aromatic heterocycles. The van der Waals surface area contributed by atoms with Crippen LogP contribution in [-0.4, -0.2) is 6.71 Å². The van der Waals surface area contributed by atoms with E-state index in [0.717, 1.165) is 45.5 Å². The molecule has 6 aromatic carbocycles.